The molecule has 1 heterocycles. The molecule has 0 spiro atoms. The second-order valence-corrected chi connectivity index (χ2v) is 8.24. The molecule has 0 aromatic heterocycles. The van der Waals surface area contributed by atoms with Crippen molar-refractivity contribution in [2.75, 3.05) is 47.4 Å². The second-order valence-electron chi connectivity index (χ2n) is 8.24. The first-order valence-corrected chi connectivity index (χ1v) is 10.8. The van der Waals surface area contributed by atoms with Crippen LogP contribution in [0.1, 0.15) is 34.3 Å². The lowest BCUT2D eigenvalue weighted by Gasteiger charge is -2.35. The number of benzene rings is 2. The number of ether oxygens (including phenoxy) is 2. The van der Waals surface area contributed by atoms with Gasteiger partial charge in [-0.2, -0.15) is 0 Å². The normalized spacial score (nSPS) is 16.9. The van der Waals surface area contributed by atoms with Crippen molar-refractivity contribution in [3.05, 3.63) is 59.2 Å². The lowest BCUT2D eigenvalue weighted by Crippen LogP contribution is -2.42. The van der Waals surface area contributed by atoms with Gasteiger partial charge in [0, 0.05) is 32.2 Å². The highest BCUT2D eigenvalue weighted by atomic mass is 16.5. The molecule has 1 unspecified atom stereocenters. The van der Waals surface area contributed by atoms with E-state index in [1.807, 2.05) is 49.2 Å². The largest absolute Gasteiger partial charge is 0.496 e. The zero-order chi connectivity index (χ0) is 21.5. The molecule has 1 aliphatic heterocycles. The van der Waals surface area contributed by atoms with E-state index in [9.17, 15) is 4.79 Å². The van der Waals surface area contributed by atoms with Gasteiger partial charge in [-0.05, 0) is 74.0 Å². The Bertz CT molecular complexity index is 852. The maximum Gasteiger partial charge on any atom is 0.253 e. The molecule has 162 valence electrons. The molecule has 0 bridgehead atoms. The Balaban J connectivity index is 1.53. The van der Waals surface area contributed by atoms with E-state index in [1.54, 1.807) is 14.2 Å². The zero-order valence-electron chi connectivity index (χ0n) is 18.7. The molecule has 5 heteroatoms. The summed E-state index contributed by atoms with van der Waals surface area (Å²) in [5.41, 5.74) is 2.96. The van der Waals surface area contributed by atoms with E-state index in [4.69, 9.17) is 9.47 Å². The lowest BCUT2D eigenvalue weighted by molar-refractivity contribution is 0.0730. The van der Waals surface area contributed by atoms with E-state index < -0.39 is 0 Å². The van der Waals surface area contributed by atoms with Crippen molar-refractivity contribution in [2.45, 2.75) is 26.2 Å². The van der Waals surface area contributed by atoms with Gasteiger partial charge in [0.2, 0.25) is 0 Å². The first-order valence-electron chi connectivity index (χ1n) is 10.8. The Morgan fingerprint density at radius 1 is 1.13 bits per heavy atom. The Labute approximate surface area is 180 Å². The summed E-state index contributed by atoms with van der Waals surface area (Å²) in [5.74, 6) is 2.36. The Morgan fingerprint density at radius 3 is 2.63 bits per heavy atom. The summed E-state index contributed by atoms with van der Waals surface area (Å²) in [6.07, 6.45) is 3.33. The average molecular weight is 411 g/mol. The molecular formula is C25H34N2O3. The summed E-state index contributed by atoms with van der Waals surface area (Å²) in [4.78, 5) is 17.3. The average Bonchev–Trinajstić information content (AvgIpc) is 2.77. The Kier molecular flexibility index (Phi) is 7.75. The number of amides is 1. The van der Waals surface area contributed by atoms with Gasteiger partial charge in [0.05, 0.1) is 14.2 Å². The highest BCUT2D eigenvalue weighted by Crippen LogP contribution is 2.23. The monoisotopic (exact) mass is 410 g/mol. The van der Waals surface area contributed by atoms with Gasteiger partial charge in [0.25, 0.3) is 5.91 Å². The number of methoxy groups -OCH3 is 2. The van der Waals surface area contributed by atoms with Crippen molar-refractivity contribution in [1.29, 1.82) is 0 Å². The maximum atomic E-state index is 12.9. The zero-order valence-corrected chi connectivity index (χ0v) is 18.7. The van der Waals surface area contributed by atoms with Crippen LogP contribution in [0.2, 0.25) is 0 Å². The second kappa shape index (κ2) is 10.5. The standard InChI is InChI=1S/C25H34N2O3/c1-19-16-22(11-12-23(19)29-3)25(28)26(2)17-20-8-7-14-27(18-20)15-13-21-9-5-6-10-24(21)30-4/h5-6,9-12,16,20H,7-8,13-15,17-18H2,1-4H3. The van der Waals surface area contributed by atoms with Crippen LogP contribution >= 0.6 is 0 Å². The molecule has 0 saturated carbocycles. The van der Waals surface area contributed by atoms with E-state index >= 15 is 0 Å². The van der Waals surface area contributed by atoms with E-state index in [0.29, 0.717) is 5.92 Å². The van der Waals surface area contributed by atoms with Gasteiger partial charge in [-0.1, -0.05) is 18.2 Å². The van der Waals surface area contributed by atoms with E-state index in [0.717, 1.165) is 55.2 Å². The molecule has 1 fully saturated rings. The van der Waals surface area contributed by atoms with Crippen LogP contribution in [-0.4, -0.2) is 63.2 Å². The fraction of sp³-hybridized carbons (Fsp3) is 0.480. The van der Waals surface area contributed by atoms with Gasteiger partial charge >= 0.3 is 0 Å². The highest BCUT2D eigenvalue weighted by Gasteiger charge is 2.23. The van der Waals surface area contributed by atoms with Crippen LogP contribution in [0.15, 0.2) is 42.5 Å². The van der Waals surface area contributed by atoms with Crippen LogP contribution in [-0.2, 0) is 6.42 Å². The van der Waals surface area contributed by atoms with Crippen molar-refractivity contribution in [3.8, 4) is 11.5 Å². The molecule has 2 aromatic carbocycles. The molecule has 5 nitrogen and oxygen atoms in total. The number of nitrogens with zero attached hydrogens (tertiary/aromatic N) is 2. The first kappa shape index (κ1) is 22.2. The smallest absolute Gasteiger partial charge is 0.253 e. The molecule has 0 N–H and O–H groups in total. The molecule has 1 amide bonds. The number of piperidine rings is 1. The van der Waals surface area contributed by atoms with Crippen molar-refractivity contribution in [1.82, 2.24) is 9.80 Å². The number of rotatable bonds is 8. The Hall–Kier alpha value is -2.53. The molecule has 0 aliphatic carbocycles. The van der Waals surface area contributed by atoms with Crippen LogP contribution in [0, 0.1) is 12.8 Å². The molecule has 0 radical (unpaired) electrons. The Morgan fingerprint density at radius 2 is 1.90 bits per heavy atom. The molecule has 1 aliphatic rings. The highest BCUT2D eigenvalue weighted by molar-refractivity contribution is 5.94. The first-order chi connectivity index (χ1) is 14.5. The number of hydrogen-bond acceptors (Lipinski definition) is 4. The van der Waals surface area contributed by atoms with E-state index in [-0.39, 0.29) is 5.91 Å². The molecular weight excluding hydrogens is 376 g/mol. The number of carbonyl (C=O) groups is 1. The van der Waals surface area contributed by atoms with Crippen LogP contribution in [0.5, 0.6) is 11.5 Å². The van der Waals surface area contributed by atoms with Crippen molar-refractivity contribution < 1.29 is 14.3 Å². The van der Waals surface area contributed by atoms with E-state index in [1.165, 1.54) is 18.4 Å². The molecule has 1 saturated heterocycles. The third kappa shape index (κ3) is 5.54. The van der Waals surface area contributed by atoms with Crippen LogP contribution in [0.4, 0.5) is 0 Å². The summed E-state index contributed by atoms with van der Waals surface area (Å²) in [6, 6.07) is 13.9. The van der Waals surface area contributed by atoms with Gasteiger partial charge in [-0.15, -0.1) is 0 Å². The fourth-order valence-corrected chi connectivity index (χ4v) is 4.39. The van der Waals surface area contributed by atoms with Gasteiger partial charge < -0.3 is 19.3 Å². The van der Waals surface area contributed by atoms with Crippen molar-refractivity contribution >= 4 is 5.91 Å². The molecule has 1 atom stereocenters. The topological polar surface area (TPSA) is 42.0 Å². The summed E-state index contributed by atoms with van der Waals surface area (Å²) in [6.45, 7) is 5.94. The van der Waals surface area contributed by atoms with Crippen LogP contribution in [0.25, 0.3) is 0 Å². The number of aryl methyl sites for hydroxylation is 1. The van der Waals surface area contributed by atoms with Crippen LogP contribution < -0.4 is 9.47 Å². The third-order valence-electron chi connectivity index (χ3n) is 6.01. The summed E-state index contributed by atoms with van der Waals surface area (Å²) in [5, 5.41) is 0. The minimum absolute atomic E-state index is 0.0758. The molecule has 30 heavy (non-hydrogen) atoms. The maximum absolute atomic E-state index is 12.9. The minimum Gasteiger partial charge on any atom is -0.496 e. The summed E-state index contributed by atoms with van der Waals surface area (Å²) in [7, 11) is 5.29. The fourth-order valence-electron chi connectivity index (χ4n) is 4.39. The van der Waals surface area contributed by atoms with Crippen LogP contribution in [0.3, 0.4) is 0 Å². The van der Waals surface area contributed by atoms with Gasteiger partial charge in [-0.3, -0.25) is 4.79 Å². The predicted molar refractivity (Wildman–Crippen MR) is 121 cm³/mol. The SMILES string of the molecule is COc1ccc(C(=O)N(C)CC2CCCN(CCc3ccccc3OC)C2)cc1C. The predicted octanol–water partition coefficient (Wildman–Crippen LogP) is 4.04. The third-order valence-corrected chi connectivity index (χ3v) is 6.01. The minimum atomic E-state index is 0.0758. The van der Waals surface area contributed by atoms with Gasteiger partial charge in [0.1, 0.15) is 11.5 Å². The molecule has 2 aromatic rings. The summed E-state index contributed by atoms with van der Waals surface area (Å²) >= 11 is 0. The van der Waals surface area contributed by atoms with Crippen molar-refractivity contribution in [2.24, 2.45) is 5.92 Å². The lowest BCUT2D eigenvalue weighted by atomic mass is 9.96. The number of likely N-dealkylation sites (tertiary alicyclic amines) is 1. The number of hydrogen-bond donors (Lipinski definition) is 0. The van der Waals surface area contributed by atoms with Gasteiger partial charge in [-0.25, -0.2) is 0 Å². The van der Waals surface area contributed by atoms with Gasteiger partial charge in [0.15, 0.2) is 0 Å². The summed E-state index contributed by atoms with van der Waals surface area (Å²) < 4.78 is 10.8. The quantitative estimate of drug-likeness (QED) is 0.659. The molecule has 3 rings (SSSR count). The number of para-hydroxylation sites is 1. The van der Waals surface area contributed by atoms with Crippen molar-refractivity contribution in [3.63, 3.8) is 0 Å². The number of carbonyl (C=O) groups excluding carboxylic acids is 1. The van der Waals surface area contributed by atoms with E-state index in [2.05, 4.69) is 17.0 Å².